The summed E-state index contributed by atoms with van der Waals surface area (Å²) in [7, 11) is 0. The second-order valence-corrected chi connectivity index (χ2v) is 10.1. The van der Waals surface area contributed by atoms with Crippen LogP contribution in [0.15, 0.2) is 24.3 Å². The summed E-state index contributed by atoms with van der Waals surface area (Å²) in [4.78, 5) is 11.8. The van der Waals surface area contributed by atoms with Gasteiger partial charge in [-0.05, 0) is 42.2 Å². The van der Waals surface area contributed by atoms with E-state index in [9.17, 15) is 9.90 Å². The molecule has 1 rings (SSSR count). The van der Waals surface area contributed by atoms with Gasteiger partial charge in [0.2, 0.25) is 0 Å². The highest BCUT2D eigenvalue weighted by molar-refractivity contribution is 5.86. The standard InChI is InChI=1S/C27H47NO3/c1-21(2)11-8-12-22(3)13-9-14-23(4)15-10-16-24(5)19-20-31-27(30)28-25-17-6-7-18-26(25)29/h6-7,17-18,21-24,29H,8-16,19-20H2,1-5H3,(H,28,30)/t22-,23-,24?/m1/s1. The quantitative estimate of drug-likeness (QED) is 0.257. The van der Waals surface area contributed by atoms with Gasteiger partial charge in [-0.1, -0.05) is 105 Å². The summed E-state index contributed by atoms with van der Waals surface area (Å²) < 4.78 is 5.25. The van der Waals surface area contributed by atoms with Gasteiger partial charge in [-0.15, -0.1) is 0 Å². The molecule has 31 heavy (non-hydrogen) atoms. The molecular weight excluding hydrogens is 386 g/mol. The van der Waals surface area contributed by atoms with E-state index in [1.165, 1.54) is 63.9 Å². The summed E-state index contributed by atoms with van der Waals surface area (Å²) in [6.45, 7) is 12.1. The number of carbonyl (C=O) groups is 1. The summed E-state index contributed by atoms with van der Waals surface area (Å²) in [6.07, 6.45) is 12.3. The molecule has 0 aliphatic heterocycles. The molecule has 0 aromatic heterocycles. The number of phenolic OH excluding ortho intramolecular Hbond substituents is 1. The topological polar surface area (TPSA) is 58.6 Å². The molecule has 4 heteroatoms. The number of ether oxygens (including phenoxy) is 1. The zero-order valence-electron chi connectivity index (χ0n) is 20.7. The van der Waals surface area contributed by atoms with Crippen LogP contribution in [-0.2, 0) is 4.74 Å². The van der Waals surface area contributed by atoms with Gasteiger partial charge in [-0.2, -0.15) is 0 Å². The van der Waals surface area contributed by atoms with Crippen LogP contribution in [0.1, 0.15) is 98.8 Å². The molecule has 178 valence electrons. The number of aromatic hydroxyl groups is 1. The van der Waals surface area contributed by atoms with Crippen LogP contribution in [-0.4, -0.2) is 17.8 Å². The van der Waals surface area contributed by atoms with Crippen LogP contribution in [0.2, 0.25) is 0 Å². The summed E-state index contributed by atoms with van der Waals surface area (Å²) in [5.74, 6) is 3.10. The number of benzene rings is 1. The minimum atomic E-state index is -0.513. The molecule has 0 bridgehead atoms. The van der Waals surface area contributed by atoms with Crippen molar-refractivity contribution >= 4 is 11.8 Å². The Morgan fingerprint density at radius 3 is 1.81 bits per heavy atom. The second-order valence-electron chi connectivity index (χ2n) is 10.1. The highest BCUT2D eigenvalue weighted by atomic mass is 16.5. The zero-order valence-corrected chi connectivity index (χ0v) is 20.7. The average Bonchev–Trinajstić information content (AvgIpc) is 2.69. The fraction of sp³-hybridized carbons (Fsp3) is 0.741. The molecule has 1 aromatic rings. The molecule has 0 saturated heterocycles. The highest BCUT2D eigenvalue weighted by Gasteiger charge is 2.10. The lowest BCUT2D eigenvalue weighted by Crippen LogP contribution is -2.15. The number of hydrogen-bond acceptors (Lipinski definition) is 3. The van der Waals surface area contributed by atoms with Gasteiger partial charge < -0.3 is 9.84 Å². The van der Waals surface area contributed by atoms with Crippen LogP contribution in [0, 0.1) is 23.7 Å². The number of anilines is 1. The predicted octanol–water partition coefficient (Wildman–Crippen LogP) is 8.41. The Kier molecular flexibility index (Phi) is 14.1. The van der Waals surface area contributed by atoms with Crippen molar-refractivity contribution in [3.8, 4) is 5.75 Å². The first kappa shape index (κ1) is 27.3. The van der Waals surface area contributed by atoms with Crippen LogP contribution in [0.3, 0.4) is 0 Å². The van der Waals surface area contributed by atoms with E-state index in [-0.39, 0.29) is 5.75 Å². The van der Waals surface area contributed by atoms with Gasteiger partial charge in [0.1, 0.15) is 5.75 Å². The minimum absolute atomic E-state index is 0.0440. The Balaban J connectivity index is 2.03. The minimum Gasteiger partial charge on any atom is -0.506 e. The Morgan fingerprint density at radius 2 is 1.29 bits per heavy atom. The summed E-state index contributed by atoms with van der Waals surface area (Å²) in [6, 6.07) is 6.65. The van der Waals surface area contributed by atoms with E-state index in [1.54, 1.807) is 18.2 Å². The van der Waals surface area contributed by atoms with E-state index >= 15 is 0 Å². The van der Waals surface area contributed by atoms with Gasteiger partial charge in [0.15, 0.2) is 0 Å². The molecule has 4 nitrogen and oxygen atoms in total. The molecule has 3 atom stereocenters. The lowest BCUT2D eigenvalue weighted by atomic mass is 9.91. The monoisotopic (exact) mass is 433 g/mol. The van der Waals surface area contributed by atoms with Crippen molar-refractivity contribution in [2.24, 2.45) is 23.7 Å². The first-order chi connectivity index (χ1) is 14.8. The third kappa shape index (κ3) is 14.1. The van der Waals surface area contributed by atoms with Gasteiger partial charge >= 0.3 is 6.09 Å². The fourth-order valence-corrected chi connectivity index (χ4v) is 4.02. The Bertz CT molecular complexity index is 602. The van der Waals surface area contributed by atoms with Crippen LogP contribution in [0.25, 0.3) is 0 Å². The number of hydrogen-bond donors (Lipinski definition) is 2. The van der Waals surface area contributed by atoms with Crippen molar-refractivity contribution in [2.75, 3.05) is 11.9 Å². The predicted molar refractivity (Wildman–Crippen MR) is 132 cm³/mol. The first-order valence-electron chi connectivity index (χ1n) is 12.5. The zero-order chi connectivity index (χ0) is 23.1. The molecule has 2 N–H and O–H groups in total. The van der Waals surface area contributed by atoms with Crippen molar-refractivity contribution in [2.45, 2.75) is 98.8 Å². The van der Waals surface area contributed by atoms with Crippen molar-refractivity contribution in [1.82, 2.24) is 0 Å². The Morgan fingerprint density at radius 1 is 0.806 bits per heavy atom. The molecule has 0 aliphatic carbocycles. The number of rotatable bonds is 16. The van der Waals surface area contributed by atoms with Gasteiger partial charge in [-0.3, -0.25) is 5.32 Å². The largest absolute Gasteiger partial charge is 0.506 e. The maximum Gasteiger partial charge on any atom is 0.411 e. The molecule has 0 saturated carbocycles. The van der Waals surface area contributed by atoms with Crippen LogP contribution < -0.4 is 5.32 Å². The summed E-state index contributed by atoms with van der Waals surface area (Å²) in [5.41, 5.74) is 0.375. The molecule has 0 spiro atoms. The molecule has 0 fully saturated rings. The first-order valence-corrected chi connectivity index (χ1v) is 12.5. The lowest BCUT2D eigenvalue weighted by molar-refractivity contribution is 0.153. The van der Waals surface area contributed by atoms with E-state index in [4.69, 9.17) is 4.74 Å². The Hall–Kier alpha value is -1.71. The van der Waals surface area contributed by atoms with Gasteiger partial charge in [-0.25, -0.2) is 4.79 Å². The maximum atomic E-state index is 11.8. The number of phenols is 1. The number of amides is 1. The van der Waals surface area contributed by atoms with Crippen molar-refractivity contribution < 1.29 is 14.6 Å². The third-order valence-electron chi connectivity index (χ3n) is 6.25. The molecule has 0 heterocycles. The highest BCUT2D eigenvalue weighted by Crippen LogP contribution is 2.23. The Labute approximate surface area is 191 Å². The smallest absolute Gasteiger partial charge is 0.411 e. The van der Waals surface area contributed by atoms with Crippen LogP contribution in [0.5, 0.6) is 5.75 Å². The van der Waals surface area contributed by atoms with Gasteiger partial charge in [0, 0.05) is 0 Å². The molecule has 1 unspecified atom stereocenters. The van der Waals surface area contributed by atoms with E-state index in [1.807, 2.05) is 0 Å². The van der Waals surface area contributed by atoms with E-state index in [0.717, 1.165) is 24.2 Å². The molecule has 1 aromatic carbocycles. The van der Waals surface area contributed by atoms with E-state index in [0.29, 0.717) is 18.2 Å². The summed E-state index contributed by atoms with van der Waals surface area (Å²) >= 11 is 0. The average molecular weight is 434 g/mol. The second kappa shape index (κ2) is 16.0. The molecule has 0 aliphatic rings. The fourth-order valence-electron chi connectivity index (χ4n) is 4.02. The van der Waals surface area contributed by atoms with Gasteiger partial charge in [0.25, 0.3) is 0 Å². The third-order valence-corrected chi connectivity index (χ3v) is 6.25. The van der Waals surface area contributed by atoms with Crippen molar-refractivity contribution in [3.63, 3.8) is 0 Å². The number of carbonyl (C=O) groups excluding carboxylic acids is 1. The number of para-hydroxylation sites is 2. The SMILES string of the molecule is CC(C)CCC[C@@H](C)CCC[C@@H](C)CCCC(C)CCOC(=O)Nc1ccccc1O. The summed E-state index contributed by atoms with van der Waals surface area (Å²) in [5, 5.41) is 12.3. The van der Waals surface area contributed by atoms with E-state index in [2.05, 4.69) is 39.9 Å². The van der Waals surface area contributed by atoms with Crippen LogP contribution >= 0.6 is 0 Å². The van der Waals surface area contributed by atoms with Crippen molar-refractivity contribution in [3.05, 3.63) is 24.3 Å². The van der Waals surface area contributed by atoms with Crippen LogP contribution in [0.4, 0.5) is 10.5 Å². The normalized spacial score (nSPS) is 14.3. The van der Waals surface area contributed by atoms with Crippen molar-refractivity contribution in [1.29, 1.82) is 0 Å². The van der Waals surface area contributed by atoms with Gasteiger partial charge in [0.05, 0.1) is 12.3 Å². The number of nitrogens with one attached hydrogen (secondary N) is 1. The van der Waals surface area contributed by atoms with E-state index < -0.39 is 6.09 Å². The lowest BCUT2D eigenvalue weighted by Gasteiger charge is -2.16. The maximum absolute atomic E-state index is 11.8. The molecule has 1 amide bonds. The molecule has 0 radical (unpaired) electrons. The molecular formula is C27H47NO3.